The van der Waals surface area contributed by atoms with E-state index in [9.17, 15) is 4.79 Å². The van der Waals surface area contributed by atoms with E-state index in [0.29, 0.717) is 36.6 Å². The van der Waals surface area contributed by atoms with Crippen LogP contribution in [0.2, 0.25) is 0 Å². The summed E-state index contributed by atoms with van der Waals surface area (Å²) in [5, 5.41) is 0. The standard InChI is InChI=1S/C36H42O3/c1-25(11-10-16-26-12-4-2-5-13-26)39-29-22-34-31-18-9-8-17-30(31)32-20-19-28(37)21-33(32)36(34)35(23-29)38-24-27-14-6-3-7-15-27/h2-7,12-15,22-23,25,30-33H,8-11,16-21,24H2,1H3/t25?,30-,31-,32+,33-/m1/s1. The Labute approximate surface area is 233 Å². The highest BCUT2D eigenvalue weighted by Gasteiger charge is 2.47. The third-order valence-corrected chi connectivity index (χ3v) is 9.50. The lowest BCUT2D eigenvalue weighted by Gasteiger charge is -2.49. The van der Waals surface area contributed by atoms with Gasteiger partial charge in [-0.2, -0.15) is 0 Å². The van der Waals surface area contributed by atoms with Crippen LogP contribution in [0, 0.1) is 11.8 Å². The zero-order valence-corrected chi connectivity index (χ0v) is 23.3. The number of ether oxygens (including phenoxy) is 2. The summed E-state index contributed by atoms with van der Waals surface area (Å²) < 4.78 is 13.2. The van der Waals surface area contributed by atoms with E-state index in [1.807, 2.05) is 6.07 Å². The molecule has 3 nitrogen and oxygen atoms in total. The topological polar surface area (TPSA) is 35.5 Å². The zero-order valence-electron chi connectivity index (χ0n) is 23.3. The summed E-state index contributed by atoms with van der Waals surface area (Å²) in [4.78, 5) is 12.7. The lowest BCUT2D eigenvalue weighted by molar-refractivity contribution is -0.122. The van der Waals surface area contributed by atoms with Crippen molar-refractivity contribution in [1.82, 2.24) is 0 Å². The largest absolute Gasteiger partial charge is 0.491 e. The molecule has 1 unspecified atom stereocenters. The first-order chi connectivity index (χ1) is 19.2. The molecule has 3 aromatic rings. The molecule has 39 heavy (non-hydrogen) atoms. The molecule has 2 fully saturated rings. The second-order valence-corrected chi connectivity index (χ2v) is 12.1. The fraction of sp³-hybridized carbons (Fsp3) is 0.472. The molecular formula is C36H42O3. The summed E-state index contributed by atoms with van der Waals surface area (Å²) in [6, 6.07) is 25.6. The molecule has 3 aliphatic carbocycles. The van der Waals surface area contributed by atoms with Gasteiger partial charge in [-0.05, 0) is 91.9 Å². The molecule has 0 spiro atoms. The Balaban J connectivity index is 1.28. The van der Waals surface area contributed by atoms with Gasteiger partial charge < -0.3 is 9.47 Å². The van der Waals surface area contributed by atoms with Crippen molar-refractivity contribution in [2.75, 3.05) is 0 Å². The summed E-state index contributed by atoms with van der Waals surface area (Å²) in [6.45, 7) is 2.72. The van der Waals surface area contributed by atoms with E-state index in [2.05, 4.69) is 73.7 Å². The Bertz CT molecular complexity index is 1250. The minimum absolute atomic E-state index is 0.128. The molecule has 3 heteroatoms. The van der Waals surface area contributed by atoms with Gasteiger partial charge in [-0.15, -0.1) is 0 Å². The maximum absolute atomic E-state index is 12.7. The number of ketones is 1. The van der Waals surface area contributed by atoms with Gasteiger partial charge in [0.05, 0.1) is 6.10 Å². The fourth-order valence-electron chi connectivity index (χ4n) is 7.69. The minimum atomic E-state index is 0.128. The SMILES string of the molecule is CC(CCCc1ccccc1)Oc1cc(OCc2ccccc2)c2c(c1)[C@@H]1CCCC[C@H]1[C@@H]1CCC(=O)C[C@@H]21. The van der Waals surface area contributed by atoms with E-state index < -0.39 is 0 Å². The van der Waals surface area contributed by atoms with Gasteiger partial charge in [0, 0.05) is 24.5 Å². The number of hydrogen-bond acceptors (Lipinski definition) is 3. The third-order valence-electron chi connectivity index (χ3n) is 9.50. The molecule has 0 aliphatic heterocycles. The second kappa shape index (κ2) is 12.0. The van der Waals surface area contributed by atoms with Crippen molar-refractivity contribution in [1.29, 1.82) is 0 Å². The monoisotopic (exact) mass is 522 g/mol. The van der Waals surface area contributed by atoms with E-state index in [4.69, 9.17) is 9.47 Å². The molecule has 0 amide bonds. The Morgan fingerprint density at radius 3 is 2.36 bits per heavy atom. The van der Waals surface area contributed by atoms with Gasteiger partial charge in [-0.25, -0.2) is 0 Å². The van der Waals surface area contributed by atoms with E-state index in [1.54, 1.807) is 0 Å². The summed E-state index contributed by atoms with van der Waals surface area (Å²) >= 11 is 0. The first kappa shape index (κ1) is 26.2. The smallest absolute Gasteiger partial charge is 0.133 e. The number of carbonyl (C=O) groups is 1. The molecular weight excluding hydrogens is 480 g/mol. The quantitative estimate of drug-likeness (QED) is 0.282. The number of hydrogen-bond donors (Lipinski definition) is 0. The molecule has 2 saturated carbocycles. The molecule has 0 heterocycles. The number of Topliss-reactive ketones (excluding diaryl/α,β-unsaturated/α-hetero) is 1. The van der Waals surface area contributed by atoms with Gasteiger partial charge in [0.25, 0.3) is 0 Å². The number of rotatable bonds is 9. The third kappa shape index (κ3) is 5.93. The molecule has 0 bridgehead atoms. The van der Waals surface area contributed by atoms with Gasteiger partial charge in [-0.1, -0.05) is 73.5 Å². The van der Waals surface area contributed by atoms with E-state index >= 15 is 0 Å². The van der Waals surface area contributed by atoms with Gasteiger partial charge in [0.2, 0.25) is 0 Å². The van der Waals surface area contributed by atoms with Crippen LogP contribution in [0.5, 0.6) is 11.5 Å². The Kier molecular flexibility index (Phi) is 8.04. The maximum Gasteiger partial charge on any atom is 0.133 e. The highest BCUT2D eigenvalue weighted by molar-refractivity contribution is 5.81. The molecule has 3 aromatic carbocycles. The maximum atomic E-state index is 12.7. The highest BCUT2D eigenvalue weighted by Crippen LogP contribution is 2.59. The minimum Gasteiger partial charge on any atom is -0.491 e. The van der Waals surface area contributed by atoms with Crippen molar-refractivity contribution in [2.24, 2.45) is 11.8 Å². The molecule has 204 valence electrons. The van der Waals surface area contributed by atoms with Crippen molar-refractivity contribution in [3.05, 3.63) is 95.1 Å². The van der Waals surface area contributed by atoms with Crippen LogP contribution in [0.3, 0.4) is 0 Å². The summed E-state index contributed by atoms with van der Waals surface area (Å²) in [6.07, 6.45) is 10.9. The summed E-state index contributed by atoms with van der Waals surface area (Å²) in [5.41, 5.74) is 5.27. The number of fused-ring (bicyclic) bond motifs is 6. The first-order valence-corrected chi connectivity index (χ1v) is 15.2. The number of carbonyl (C=O) groups excluding carboxylic acids is 1. The summed E-state index contributed by atoms with van der Waals surface area (Å²) in [7, 11) is 0. The van der Waals surface area contributed by atoms with Crippen LogP contribution < -0.4 is 9.47 Å². The predicted octanol–water partition coefficient (Wildman–Crippen LogP) is 8.80. The van der Waals surface area contributed by atoms with Crippen LogP contribution in [0.15, 0.2) is 72.8 Å². The van der Waals surface area contributed by atoms with Gasteiger partial charge in [0.15, 0.2) is 0 Å². The average molecular weight is 523 g/mol. The van der Waals surface area contributed by atoms with Gasteiger partial charge in [-0.3, -0.25) is 4.79 Å². The molecule has 0 N–H and O–H groups in total. The fourth-order valence-corrected chi connectivity index (χ4v) is 7.69. The lowest BCUT2D eigenvalue weighted by Crippen LogP contribution is -2.39. The molecule has 6 rings (SSSR count). The molecule has 0 saturated heterocycles. The molecule has 0 aromatic heterocycles. The van der Waals surface area contributed by atoms with E-state index in [-0.39, 0.29) is 12.0 Å². The normalized spacial score (nSPS) is 24.7. The molecule has 5 atom stereocenters. The van der Waals surface area contributed by atoms with Gasteiger partial charge >= 0.3 is 0 Å². The van der Waals surface area contributed by atoms with Crippen LogP contribution in [0.1, 0.15) is 98.8 Å². The molecule has 0 radical (unpaired) electrons. The Morgan fingerprint density at radius 1 is 0.846 bits per heavy atom. The lowest BCUT2D eigenvalue weighted by atomic mass is 9.55. The van der Waals surface area contributed by atoms with Crippen molar-refractivity contribution in [3.63, 3.8) is 0 Å². The zero-order chi connectivity index (χ0) is 26.6. The predicted molar refractivity (Wildman–Crippen MR) is 156 cm³/mol. The number of aryl methyl sites for hydroxylation is 1. The van der Waals surface area contributed by atoms with Gasteiger partial charge in [0.1, 0.15) is 23.9 Å². The average Bonchev–Trinajstić information content (AvgIpc) is 2.97. The second-order valence-electron chi connectivity index (χ2n) is 12.1. The first-order valence-electron chi connectivity index (χ1n) is 15.2. The van der Waals surface area contributed by atoms with Crippen LogP contribution >= 0.6 is 0 Å². The van der Waals surface area contributed by atoms with Crippen LogP contribution in [-0.4, -0.2) is 11.9 Å². The van der Waals surface area contributed by atoms with Crippen LogP contribution in [0.25, 0.3) is 0 Å². The van der Waals surface area contributed by atoms with Crippen LogP contribution in [0.4, 0.5) is 0 Å². The molecule has 3 aliphatic rings. The van der Waals surface area contributed by atoms with E-state index in [1.165, 1.54) is 42.4 Å². The Hall–Kier alpha value is -3.07. The summed E-state index contributed by atoms with van der Waals surface area (Å²) in [5.74, 6) is 4.40. The van der Waals surface area contributed by atoms with Crippen LogP contribution in [-0.2, 0) is 17.8 Å². The Morgan fingerprint density at radius 2 is 1.56 bits per heavy atom. The van der Waals surface area contributed by atoms with E-state index in [0.717, 1.165) is 49.2 Å². The van der Waals surface area contributed by atoms with Crippen molar-refractivity contribution >= 4 is 5.78 Å². The van der Waals surface area contributed by atoms with Crippen molar-refractivity contribution in [2.45, 2.75) is 95.7 Å². The highest BCUT2D eigenvalue weighted by atomic mass is 16.5. The van der Waals surface area contributed by atoms with Crippen molar-refractivity contribution in [3.8, 4) is 11.5 Å². The van der Waals surface area contributed by atoms with Crippen molar-refractivity contribution < 1.29 is 14.3 Å². The number of benzene rings is 3.